The number of nitrogens with one attached hydrogen (secondary N) is 2. The molecule has 0 bridgehead atoms. The van der Waals surface area contributed by atoms with E-state index in [9.17, 15) is 19.8 Å². The highest BCUT2D eigenvalue weighted by atomic mass is 127. The molecule has 2 amide bonds. The minimum Gasteiger partial charge on any atom is -0.378 e. The topological polar surface area (TPSA) is 136 Å². The lowest BCUT2D eigenvalue weighted by Gasteiger charge is -2.21. The van der Waals surface area contributed by atoms with Gasteiger partial charge >= 0.3 is 0 Å². The molecule has 5 fully saturated rings. The molecule has 5 saturated carbocycles. The summed E-state index contributed by atoms with van der Waals surface area (Å²) in [5.74, 6) is 3.09. The predicted octanol–water partition coefficient (Wildman–Crippen LogP) is 13.7. The Morgan fingerprint density at radius 2 is 0.833 bits per heavy atom. The van der Waals surface area contributed by atoms with Crippen LogP contribution in [0.4, 0.5) is 0 Å². The van der Waals surface area contributed by atoms with E-state index in [1.807, 2.05) is 49.1 Å². The lowest BCUT2D eigenvalue weighted by atomic mass is 10.00. The number of carbonyl (C=O) groups excluding carboxylic acids is 2. The first kappa shape index (κ1) is 58.7. The molecule has 0 heterocycles. The summed E-state index contributed by atoms with van der Waals surface area (Å²) >= 11 is 6.64. The highest BCUT2D eigenvalue weighted by Gasteiger charge is 2.32. The number of aliphatic hydroxyl groups excluding tert-OH is 2. The third kappa shape index (κ3) is 20.4. The number of halogens is 3. The number of benzene rings is 2. The van der Waals surface area contributed by atoms with Crippen molar-refractivity contribution in [2.24, 2.45) is 44.6 Å². The van der Waals surface area contributed by atoms with Crippen molar-refractivity contribution in [3.05, 3.63) is 78.7 Å². The predicted molar refractivity (Wildman–Crippen MR) is 303 cm³/mol. The smallest absolute Gasteiger partial charge is 0.253 e. The van der Waals surface area contributed by atoms with E-state index in [-0.39, 0.29) is 23.9 Å². The van der Waals surface area contributed by atoms with Crippen LogP contribution in [-0.2, 0) is 9.59 Å². The first-order chi connectivity index (χ1) is 32.1. The molecule has 368 valence electrons. The number of hydrogen-bond donors (Lipinski definition) is 4. The normalized spacial score (nSPS) is 28.9. The van der Waals surface area contributed by atoms with Gasteiger partial charge in [-0.15, -0.1) is 0 Å². The summed E-state index contributed by atoms with van der Waals surface area (Å²) in [5, 5.41) is 25.9. The summed E-state index contributed by atoms with van der Waals surface area (Å²) in [6.45, 7) is 12.9. The maximum Gasteiger partial charge on any atom is 0.253 e. The standard InChI is InChI=1S/C15H21NO2.C15H19NO2.3C8H14IN/c2*1-2-11-9-6-10-13(11)16-15(18)14(17)12-7-4-3-5-8-12;3*1-2-7-4-3-5-8(7)10-6-9/h3-5,7-8,11,13-14,17H,2,6,9-10H2,1H3,(H,16,18);3-5,7-8,11,13-14,17H,1-2,6,9-10H2;3*6-8H,2-5H2,1H3/p+1/t2*11-,13-,14+;3*7-,8-/m00000/s1. The Hall–Kier alpha value is -1.63. The van der Waals surface area contributed by atoms with Crippen molar-refractivity contribution in [1.82, 2.24) is 10.6 Å². The molecule has 0 unspecified atom stereocenters. The van der Waals surface area contributed by atoms with Gasteiger partial charge in [0.2, 0.25) is 0 Å². The van der Waals surface area contributed by atoms with Crippen molar-refractivity contribution in [3.8, 4) is 0 Å². The maximum atomic E-state index is 12.0. The van der Waals surface area contributed by atoms with Crippen LogP contribution in [0.25, 0.3) is 0 Å². The number of aliphatic imine (C=N–C) groups is 3. The second-order valence-electron chi connectivity index (χ2n) is 18.7. The molecule has 5 aliphatic rings. The van der Waals surface area contributed by atoms with Crippen molar-refractivity contribution >= 4 is 92.3 Å². The minimum absolute atomic E-state index is 0.174. The Labute approximate surface area is 440 Å². The zero-order valence-electron chi connectivity index (χ0n) is 40.5. The van der Waals surface area contributed by atoms with E-state index < -0.39 is 12.2 Å². The number of aliphatic hydroxyl groups is 2. The molecule has 0 spiro atoms. The number of carbonyl (C=O) groups is 2. The summed E-state index contributed by atoms with van der Waals surface area (Å²) in [4.78, 5) is 37.3. The monoisotopic (exact) mass is 1250 g/mol. The Morgan fingerprint density at radius 1 is 0.530 bits per heavy atom. The van der Waals surface area contributed by atoms with Gasteiger partial charge in [0.1, 0.15) is 0 Å². The molecule has 7 rings (SSSR count). The molecule has 9 nitrogen and oxygen atoms in total. The van der Waals surface area contributed by atoms with Gasteiger partial charge in [-0.3, -0.25) is 24.6 Å². The lowest BCUT2D eigenvalue weighted by molar-refractivity contribution is -0.131. The van der Waals surface area contributed by atoms with Gasteiger partial charge in [0.15, 0.2) is 12.2 Å². The fourth-order valence-electron chi connectivity index (χ4n) is 10.7. The third-order valence-electron chi connectivity index (χ3n) is 14.8. The zero-order valence-corrected chi connectivity index (χ0v) is 46.9. The third-order valence-corrected chi connectivity index (χ3v) is 15.7. The molecule has 4 N–H and O–H groups in total. The van der Waals surface area contributed by atoms with Crippen LogP contribution in [0.15, 0.2) is 75.6 Å². The molecule has 12 heteroatoms. The first-order valence-corrected chi connectivity index (χ1v) is 29.0. The van der Waals surface area contributed by atoms with Crippen molar-refractivity contribution in [1.29, 1.82) is 0 Å². The van der Waals surface area contributed by atoms with E-state index in [4.69, 9.17) is 0 Å². The summed E-state index contributed by atoms with van der Waals surface area (Å²) < 4.78 is 5.78. The van der Waals surface area contributed by atoms with Gasteiger partial charge in [-0.1, -0.05) is 146 Å². The molecule has 0 saturated heterocycles. The zero-order chi connectivity index (χ0) is 48.1. The van der Waals surface area contributed by atoms with E-state index in [2.05, 4.69) is 128 Å². The van der Waals surface area contributed by atoms with Gasteiger partial charge in [-0.25, -0.2) is 0 Å². The van der Waals surface area contributed by atoms with Crippen LogP contribution in [0.5, 0.6) is 0 Å². The van der Waals surface area contributed by atoms with E-state index in [0.29, 0.717) is 41.1 Å². The van der Waals surface area contributed by atoms with Crippen molar-refractivity contribution in [3.63, 3.8) is 0 Å². The maximum absolute atomic E-state index is 12.0. The summed E-state index contributed by atoms with van der Waals surface area (Å²) in [7, 11) is 0. The second kappa shape index (κ2) is 34.6. The molecule has 2 aromatic carbocycles. The fraction of sp³-hybridized carbons (Fsp3) is 0.667. The Balaban J connectivity index is 0.000000226. The summed E-state index contributed by atoms with van der Waals surface area (Å²) in [6, 6.07) is 20.5. The second-order valence-corrected chi connectivity index (χ2v) is 20.3. The van der Waals surface area contributed by atoms with E-state index in [1.54, 1.807) is 24.3 Å². The quantitative estimate of drug-likeness (QED) is 0.0851. The van der Waals surface area contributed by atoms with Crippen LogP contribution in [-0.4, -0.2) is 64.9 Å². The first-order valence-electron chi connectivity index (χ1n) is 25.3. The van der Waals surface area contributed by atoms with Gasteiger partial charge in [-0.2, -0.15) is 0 Å². The van der Waals surface area contributed by atoms with E-state index in [0.717, 1.165) is 56.3 Å². The van der Waals surface area contributed by atoms with Crippen LogP contribution in [0.3, 0.4) is 0 Å². The molecule has 5 aliphatic carbocycles. The summed E-state index contributed by atoms with van der Waals surface area (Å²) in [6.07, 6.45) is 22.7. The van der Waals surface area contributed by atoms with Gasteiger partial charge < -0.3 is 20.8 Å². The van der Waals surface area contributed by atoms with Crippen molar-refractivity contribution < 1.29 is 19.8 Å². The molecule has 0 aromatic heterocycles. The molecule has 2 aromatic rings. The average Bonchev–Trinajstić information content (AvgIpc) is 4.23. The molecule has 0 radical (unpaired) electrons. The van der Waals surface area contributed by atoms with Crippen LogP contribution in [0.1, 0.15) is 179 Å². The lowest BCUT2D eigenvalue weighted by Crippen LogP contribution is -2.40. The number of nitrogens with zero attached hydrogens (tertiary/aromatic N) is 3. The van der Waals surface area contributed by atoms with E-state index in [1.165, 1.54) is 89.9 Å². The Morgan fingerprint density at radius 3 is 1.15 bits per heavy atom. The summed E-state index contributed by atoms with van der Waals surface area (Å²) in [5.41, 5.74) is 1.29. The number of rotatable bonds is 14. The van der Waals surface area contributed by atoms with E-state index >= 15 is 0 Å². The van der Waals surface area contributed by atoms with Crippen LogP contribution < -0.4 is 10.6 Å². The minimum atomic E-state index is -1.07. The molecular weight excluding hydrogens is 1160 g/mol. The molecule has 66 heavy (non-hydrogen) atoms. The Bertz CT molecular complexity index is 1540. The number of hydrogen-bond acceptors (Lipinski definition) is 7. The van der Waals surface area contributed by atoms with Gasteiger partial charge in [0, 0.05) is 18.0 Å². The SMILES string of the molecule is CC[C@H]1CCC[C@@H]1N=CI.CC[C@H]1CCC[C@@H]1N=CI.CC[C@H]1CCC[C@@H]1N=CI.CC[C@H]1CCC[C@@H]1NC(=O)[C@H](O)c1ccccc1.[CH2+]C[C@H]1CCC[C@@H]1NC(=O)[C@H](O)c1ccccc1. The Kier molecular flexibility index (Phi) is 30.8. The highest BCUT2D eigenvalue weighted by Crippen LogP contribution is 2.33. The van der Waals surface area contributed by atoms with Crippen LogP contribution >= 0.6 is 67.8 Å². The highest BCUT2D eigenvalue weighted by molar-refractivity contribution is 14.1. The molecule has 0 aliphatic heterocycles. The van der Waals surface area contributed by atoms with Crippen molar-refractivity contribution in [2.45, 2.75) is 199 Å². The van der Waals surface area contributed by atoms with Gasteiger partial charge in [-0.05, 0) is 167 Å². The van der Waals surface area contributed by atoms with Crippen molar-refractivity contribution in [2.75, 3.05) is 0 Å². The number of amides is 2. The molecule has 12 atom stereocenters. The van der Waals surface area contributed by atoms with Crippen LogP contribution in [0.2, 0.25) is 0 Å². The average molecular weight is 1250 g/mol. The largest absolute Gasteiger partial charge is 0.378 e. The van der Waals surface area contributed by atoms with Gasteiger partial charge in [0.25, 0.3) is 11.8 Å². The molecular formula is C54H83I3N5O4+. The van der Waals surface area contributed by atoms with Crippen LogP contribution in [0, 0.1) is 36.5 Å². The fourth-order valence-corrected chi connectivity index (χ4v) is 11.9. The van der Waals surface area contributed by atoms with Gasteiger partial charge in [0.05, 0.1) is 44.1 Å².